The number of rotatable bonds is 1. The summed E-state index contributed by atoms with van der Waals surface area (Å²) in [4.78, 5) is 0. The molecule has 0 unspecified atom stereocenters. The number of aryl methyl sites for hydroxylation is 1. The number of nitrogens with two attached hydrogens (primary N) is 1. The maximum atomic E-state index is 13.5. The van der Waals surface area contributed by atoms with Gasteiger partial charge in [0.25, 0.3) is 0 Å². The second kappa shape index (κ2) is 3.18. The van der Waals surface area contributed by atoms with Crippen molar-refractivity contribution in [1.82, 2.24) is 0 Å². The van der Waals surface area contributed by atoms with Gasteiger partial charge in [-0.3, -0.25) is 0 Å². The third-order valence-corrected chi connectivity index (χ3v) is 2.19. The summed E-state index contributed by atoms with van der Waals surface area (Å²) in [5, 5.41) is 0. The van der Waals surface area contributed by atoms with Crippen molar-refractivity contribution in [2.75, 3.05) is 5.73 Å². The van der Waals surface area contributed by atoms with Gasteiger partial charge in [0.05, 0.1) is 12.5 Å². The summed E-state index contributed by atoms with van der Waals surface area (Å²) in [5.41, 5.74) is 8.21. The van der Waals surface area contributed by atoms with Crippen LogP contribution in [0.2, 0.25) is 0 Å². The summed E-state index contributed by atoms with van der Waals surface area (Å²) >= 11 is 0. The second-order valence-corrected chi connectivity index (χ2v) is 3.20. The molecule has 0 aliphatic heterocycles. The average Bonchev–Trinajstić information content (AvgIpc) is 2.64. The second-order valence-electron chi connectivity index (χ2n) is 3.20. The highest BCUT2D eigenvalue weighted by atomic mass is 19.1. The fourth-order valence-corrected chi connectivity index (χ4v) is 1.33. The van der Waals surface area contributed by atoms with Gasteiger partial charge in [0.2, 0.25) is 0 Å². The van der Waals surface area contributed by atoms with Crippen LogP contribution in [0.3, 0.4) is 0 Å². The van der Waals surface area contributed by atoms with Crippen molar-refractivity contribution >= 4 is 5.69 Å². The molecule has 0 aliphatic carbocycles. The highest BCUT2D eigenvalue weighted by Crippen LogP contribution is 2.27. The van der Waals surface area contributed by atoms with Gasteiger partial charge < -0.3 is 10.2 Å². The Morgan fingerprint density at radius 3 is 2.79 bits per heavy atom. The summed E-state index contributed by atoms with van der Waals surface area (Å²) in [7, 11) is 0. The van der Waals surface area contributed by atoms with Crippen LogP contribution in [0.1, 0.15) is 5.56 Å². The van der Waals surface area contributed by atoms with Crippen LogP contribution >= 0.6 is 0 Å². The van der Waals surface area contributed by atoms with Gasteiger partial charge in [0, 0.05) is 16.8 Å². The lowest BCUT2D eigenvalue weighted by molar-refractivity contribution is 0.567. The van der Waals surface area contributed by atoms with Crippen LogP contribution in [0.4, 0.5) is 10.1 Å². The molecule has 2 nitrogen and oxygen atoms in total. The molecule has 0 atom stereocenters. The van der Waals surface area contributed by atoms with E-state index in [-0.39, 0.29) is 5.82 Å². The molecular formula is C11H10FNO. The third-order valence-electron chi connectivity index (χ3n) is 2.19. The fourth-order valence-electron chi connectivity index (χ4n) is 1.33. The van der Waals surface area contributed by atoms with E-state index in [0.717, 1.165) is 5.56 Å². The quantitative estimate of drug-likeness (QED) is 0.704. The Hall–Kier alpha value is -1.77. The number of nitrogen functional groups attached to an aromatic ring is 1. The first-order valence-electron chi connectivity index (χ1n) is 4.26. The van der Waals surface area contributed by atoms with E-state index >= 15 is 0 Å². The Morgan fingerprint density at radius 2 is 2.14 bits per heavy atom. The Morgan fingerprint density at radius 1 is 1.36 bits per heavy atom. The number of furan rings is 1. The molecule has 0 aliphatic rings. The Kier molecular flexibility index (Phi) is 2.00. The molecule has 2 rings (SSSR count). The zero-order chi connectivity index (χ0) is 10.1. The molecule has 0 radical (unpaired) electrons. The van der Waals surface area contributed by atoms with Gasteiger partial charge in [0.1, 0.15) is 5.82 Å². The number of halogens is 1. The molecule has 1 aromatic heterocycles. The van der Waals surface area contributed by atoms with Crippen LogP contribution in [-0.2, 0) is 0 Å². The minimum absolute atomic E-state index is 0.280. The maximum Gasteiger partial charge on any atom is 0.131 e. The topological polar surface area (TPSA) is 39.2 Å². The smallest absolute Gasteiger partial charge is 0.131 e. The molecule has 72 valence electrons. The average molecular weight is 191 g/mol. The van der Waals surface area contributed by atoms with Gasteiger partial charge in [-0.05, 0) is 30.7 Å². The van der Waals surface area contributed by atoms with Crippen LogP contribution in [-0.4, -0.2) is 0 Å². The molecule has 2 N–H and O–H groups in total. The number of anilines is 1. The van der Waals surface area contributed by atoms with E-state index in [1.807, 2.05) is 0 Å². The lowest BCUT2D eigenvalue weighted by Gasteiger charge is -2.04. The van der Waals surface area contributed by atoms with Gasteiger partial charge in [-0.15, -0.1) is 0 Å². The maximum absolute atomic E-state index is 13.5. The molecule has 0 bridgehead atoms. The minimum atomic E-state index is -0.280. The number of benzene rings is 1. The predicted octanol–water partition coefficient (Wildman–Crippen LogP) is 2.98. The number of hydrogen-bond donors (Lipinski definition) is 1. The summed E-state index contributed by atoms with van der Waals surface area (Å²) < 4.78 is 18.4. The van der Waals surface area contributed by atoms with Crippen LogP contribution < -0.4 is 5.73 Å². The van der Waals surface area contributed by atoms with Gasteiger partial charge in [-0.1, -0.05) is 0 Å². The van der Waals surface area contributed by atoms with Crippen molar-refractivity contribution in [3.8, 4) is 11.1 Å². The van der Waals surface area contributed by atoms with Crippen molar-refractivity contribution in [3.63, 3.8) is 0 Å². The van der Waals surface area contributed by atoms with Crippen LogP contribution in [0.15, 0.2) is 35.1 Å². The van der Waals surface area contributed by atoms with Crippen molar-refractivity contribution in [2.24, 2.45) is 0 Å². The van der Waals surface area contributed by atoms with E-state index in [1.54, 1.807) is 19.1 Å². The van der Waals surface area contributed by atoms with Gasteiger partial charge in [-0.2, -0.15) is 0 Å². The normalized spacial score (nSPS) is 10.4. The van der Waals surface area contributed by atoms with Crippen molar-refractivity contribution < 1.29 is 8.81 Å². The van der Waals surface area contributed by atoms with Crippen molar-refractivity contribution in [3.05, 3.63) is 42.1 Å². The number of hydrogen-bond acceptors (Lipinski definition) is 2. The Bertz CT molecular complexity index is 449. The SMILES string of the molecule is Cc1cc(F)c(-c2ccoc2)cc1N. The third kappa shape index (κ3) is 1.37. The van der Waals surface area contributed by atoms with Crippen LogP contribution in [0, 0.1) is 12.7 Å². The van der Waals surface area contributed by atoms with E-state index in [2.05, 4.69) is 0 Å². The monoisotopic (exact) mass is 191 g/mol. The minimum Gasteiger partial charge on any atom is -0.472 e. The molecule has 0 saturated heterocycles. The molecule has 14 heavy (non-hydrogen) atoms. The molecule has 2 aromatic rings. The molecule has 0 amide bonds. The van der Waals surface area contributed by atoms with Crippen LogP contribution in [0.25, 0.3) is 11.1 Å². The molecular weight excluding hydrogens is 181 g/mol. The first-order chi connectivity index (χ1) is 6.68. The summed E-state index contributed by atoms with van der Waals surface area (Å²) in [6, 6.07) is 4.75. The zero-order valence-corrected chi connectivity index (χ0v) is 7.75. The lowest BCUT2D eigenvalue weighted by Crippen LogP contribution is -1.93. The summed E-state index contributed by atoms with van der Waals surface area (Å²) in [5.74, 6) is -0.280. The fraction of sp³-hybridized carbons (Fsp3) is 0.0909. The van der Waals surface area contributed by atoms with E-state index < -0.39 is 0 Å². The molecule has 1 heterocycles. The highest BCUT2D eigenvalue weighted by Gasteiger charge is 2.08. The summed E-state index contributed by atoms with van der Waals surface area (Å²) in [6.45, 7) is 1.78. The molecule has 0 saturated carbocycles. The van der Waals surface area contributed by atoms with E-state index in [1.165, 1.54) is 18.6 Å². The molecule has 3 heteroatoms. The standard InChI is InChI=1S/C11H10FNO/c1-7-4-10(12)9(5-11(7)13)8-2-3-14-6-8/h2-6H,13H2,1H3. The van der Waals surface area contributed by atoms with E-state index in [4.69, 9.17) is 10.2 Å². The van der Waals surface area contributed by atoms with E-state index in [0.29, 0.717) is 16.8 Å². The molecule has 1 aromatic carbocycles. The van der Waals surface area contributed by atoms with Crippen molar-refractivity contribution in [1.29, 1.82) is 0 Å². The Labute approximate surface area is 81.2 Å². The van der Waals surface area contributed by atoms with Crippen LogP contribution in [0.5, 0.6) is 0 Å². The van der Waals surface area contributed by atoms with Crippen molar-refractivity contribution in [2.45, 2.75) is 6.92 Å². The van der Waals surface area contributed by atoms with Gasteiger partial charge >= 0.3 is 0 Å². The highest BCUT2D eigenvalue weighted by molar-refractivity contribution is 5.68. The summed E-state index contributed by atoms with van der Waals surface area (Å²) in [6.07, 6.45) is 3.00. The van der Waals surface area contributed by atoms with Gasteiger partial charge in [-0.25, -0.2) is 4.39 Å². The lowest BCUT2D eigenvalue weighted by atomic mass is 10.0. The predicted molar refractivity (Wildman–Crippen MR) is 53.3 cm³/mol. The largest absolute Gasteiger partial charge is 0.472 e. The molecule has 0 spiro atoms. The first kappa shape index (κ1) is 8.81. The van der Waals surface area contributed by atoms with E-state index in [9.17, 15) is 4.39 Å². The first-order valence-corrected chi connectivity index (χ1v) is 4.26. The molecule has 0 fully saturated rings. The van der Waals surface area contributed by atoms with Gasteiger partial charge in [0.15, 0.2) is 0 Å². The zero-order valence-electron chi connectivity index (χ0n) is 7.75. The Balaban J connectivity index is 2.60.